The fraction of sp³-hybridized carbons (Fsp3) is 0.636. The lowest BCUT2D eigenvalue weighted by Gasteiger charge is -2.32. The zero-order valence-electron chi connectivity index (χ0n) is 10.6. The number of rotatable bonds is 3. The van der Waals surface area contributed by atoms with Gasteiger partial charge < -0.3 is 20.9 Å². The van der Waals surface area contributed by atoms with Crippen LogP contribution in [0.4, 0.5) is 24.9 Å². The van der Waals surface area contributed by atoms with Gasteiger partial charge in [0.2, 0.25) is 5.95 Å². The van der Waals surface area contributed by atoms with E-state index in [4.69, 9.17) is 10.5 Å². The molecule has 0 unspecified atom stereocenters. The van der Waals surface area contributed by atoms with Gasteiger partial charge in [0.25, 0.3) is 0 Å². The van der Waals surface area contributed by atoms with Crippen molar-refractivity contribution in [3.63, 3.8) is 0 Å². The second-order valence-corrected chi connectivity index (χ2v) is 4.68. The van der Waals surface area contributed by atoms with Gasteiger partial charge in [-0.3, -0.25) is 0 Å². The lowest BCUT2D eigenvalue weighted by atomic mass is 9.94. The predicted molar refractivity (Wildman–Crippen MR) is 64.9 cm³/mol. The maximum Gasteiger partial charge on any atom is 0.433 e. The molecule has 2 heterocycles. The van der Waals surface area contributed by atoms with Crippen LogP contribution in [0.3, 0.4) is 0 Å². The van der Waals surface area contributed by atoms with Crippen molar-refractivity contribution in [1.29, 1.82) is 0 Å². The molecule has 20 heavy (non-hydrogen) atoms. The predicted octanol–water partition coefficient (Wildman–Crippen LogP) is 1.03. The number of nitrogen functional groups attached to an aromatic ring is 1. The van der Waals surface area contributed by atoms with E-state index < -0.39 is 23.4 Å². The Morgan fingerprint density at radius 3 is 2.60 bits per heavy atom. The fourth-order valence-corrected chi connectivity index (χ4v) is 1.88. The molecule has 1 aliphatic heterocycles. The Hall–Kier alpha value is -1.61. The Labute approximate surface area is 113 Å². The zero-order chi connectivity index (χ0) is 14.8. The maximum atomic E-state index is 12.6. The molecule has 0 amide bonds. The van der Waals surface area contributed by atoms with Gasteiger partial charge >= 0.3 is 6.18 Å². The van der Waals surface area contributed by atoms with Crippen LogP contribution in [0, 0.1) is 0 Å². The van der Waals surface area contributed by atoms with Gasteiger partial charge in [0.1, 0.15) is 5.82 Å². The Bertz CT molecular complexity index is 475. The lowest BCUT2D eigenvalue weighted by molar-refractivity contribution is -0.141. The maximum absolute atomic E-state index is 12.6. The molecule has 0 bridgehead atoms. The molecule has 0 aromatic carbocycles. The molecule has 9 heteroatoms. The molecule has 4 N–H and O–H groups in total. The number of aromatic nitrogens is 2. The minimum absolute atomic E-state index is 0.0651. The molecule has 1 fully saturated rings. The summed E-state index contributed by atoms with van der Waals surface area (Å²) in [5.74, 6) is -0.536. The highest BCUT2D eigenvalue weighted by Crippen LogP contribution is 2.29. The normalized spacial score (nSPS) is 18.8. The number of anilines is 2. The minimum atomic E-state index is -4.59. The van der Waals surface area contributed by atoms with E-state index in [1.165, 1.54) is 0 Å². The van der Waals surface area contributed by atoms with Crippen LogP contribution < -0.4 is 11.1 Å². The molecule has 1 aliphatic rings. The molecule has 0 atom stereocenters. The number of nitrogens with two attached hydrogens (primary N) is 1. The second kappa shape index (κ2) is 5.41. The highest BCUT2D eigenvalue weighted by Gasteiger charge is 2.34. The first-order valence-electron chi connectivity index (χ1n) is 6.04. The molecule has 6 nitrogen and oxygen atoms in total. The minimum Gasteiger partial charge on any atom is -0.388 e. The van der Waals surface area contributed by atoms with E-state index in [1.54, 1.807) is 0 Å². The van der Waals surface area contributed by atoms with Crippen LogP contribution in [0.1, 0.15) is 18.5 Å². The molecule has 112 valence electrons. The summed E-state index contributed by atoms with van der Waals surface area (Å²) in [4.78, 5) is 6.81. The molecule has 0 radical (unpaired) electrons. The lowest BCUT2D eigenvalue weighted by Crippen LogP contribution is -2.42. The van der Waals surface area contributed by atoms with E-state index in [0.29, 0.717) is 26.1 Å². The number of ether oxygens (including phenoxy) is 1. The van der Waals surface area contributed by atoms with Crippen LogP contribution in [0.25, 0.3) is 0 Å². The molecule has 0 saturated carbocycles. The van der Waals surface area contributed by atoms with Gasteiger partial charge in [0.05, 0.1) is 5.60 Å². The first-order chi connectivity index (χ1) is 9.28. The average Bonchev–Trinajstić information content (AvgIpc) is 2.36. The standard InChI is InChI=1S/C11H15F3N4O2/c12-11(13,14)7-5-8(18-9(15)17-7)16-6-10(19)1-3-20-4-2-10/h5,19H,1-4,6H2,(H3,15,16,17,18). The number of alkyl halides is 3. The van der Waals surface area contributed by atoms with Crippen LogP contribution in [-0.4, -0.2) is 40.4 Å². The number of hydrogen-bond acceptors (Lipinski definition) is 6. The van der Waals surface area contributed by atoms with E-state index in [0.717, 1.165) is 6.07 Å². The van der Waals surface area contributed by atoms with Crippen molar-refractivity contribution in [3.8, 4) is 0 Å². The quantitative estimate of drug-likeness (QED) is 0.770. The number of hydrogen-bond donors (Lipinski definition) is 3. The average molecular weight is 292 g/mol. The Morgan fingerprint density at radius 2 is 2.00 bits per heavy atom. The third kappa shape index (κ3) is 3.70. The van der Waals surface area contributed by atoms with E-state index in [2.05, 4.69) is 15.3 Å². The van der Waals surface area contributed by atoms with Gasteiger partial charge in [-0.25, -0.2) is 4.98 Å². The fourth-order valence-electron chi connectivity index (χ4n) is 1.88. The third-order valence-electron chi connectivity index (χ3n) is 3.06. The number of aliphatic hydroxyl groups is 1. The van der Waals surface area contributed by atoms with Crippen molar-refractivity contribution in [3.05, 3.63) is 11.8 Å². The zero-order valence-corrected chi connectivity index (χ0v) is 10.6. The summed E-state index contributed by atoms with van der Waals surface area (Å²) in [6.07, 6.45) is -3.78. The van der Waals surface area contributed by atoms with Crippen LogP contribution in [-0.2, 0) is 10.9 Å². The summed E-state index contributed by atoms with van der Waals surface area (Å²) >= 11 is 0. The van der Waals surface area contributed by atoms with E-state index >= 15 is 0 Å². The van der Waals surface area contributed by atoms with Crippen LogP contribution in [0.5, 0.6) is 0 Å². The molecule has 1 saturated heterocycles. The Morgan fingerprint density at radius 1 is 1.35 bits per heavy atom. The molecule has 2 rings (SSSR count). The second-order valence-electron chi connectivity index (χ2n) is 4.68. The number of halogens is 3. The Balaban J connectivity index is 2.07. The third-order valence-corrected chi connectivity index (χ3v) is 3.06. The van der Waals surface area contributed by atoms with Gasteiger partial charge in [0, 0.05) is 38.7 Å². The van der Waals surface area contributed by atoms with Gasteiger partial charge in [-0.05, 0) is 0 Å². The van der Waals surface area contributed by atoms with Crippen LogP contribution in [0.15, 0.2) is 6.07 Å². The van der Waals surface area contributed by atoms with Gasteiger partial charge in [-0.1, -0.05) is 0 Å². The van der Waals surface area contributed by atoms with Gasteiger partial charge in [-0.2, -0.15) is 18.2 Å². The van der Waals surface area contributed by atoms with E-state index in [1.807, 2.05) is 0 Å². The first kappa shape index (κ1) is 14.8. The summed E-state index contributed by atoms with van der Waals surface area (Å²) in [5, 5.41) is 12.9. The largest absolute Gasteiger partial charge is 0.433 e. The molecular weight excluding hydrogens is 277 g/mol. The number of nitrogens with zero attached hydrogens (tertiary/aromatic N) is 2. The molecule has 0 spiro atoms. The highest BCUT2D eigenvalue weighted by molar-refractivity contribution is 5.41. The summed E-state index contributed by atoms with van der Waals surface area (Å²) < 4.78 is 42.9. The van der Waals surface area contributed by atoms with Crippen molar-refractivity contribution in [2.75, 3.05) is 30.8 Å². The molecular formula is C11H15F3N4O2. The van der Waals surface area contributed by atoms with Gasteiger partial charge in [-0.15, -0.1) is 0 Å². The highest BCUT2D eigenvalue weighted by atomic mass is 19.4. The monoisotopic (exact) mass is 292 g/mol. The molecule has 1 aromatic heterocycles. The van der Waals surface area contributed by atoms with Crippen molar-refractivity contribution in [1.82, 2.24) is 9.97 Å². The van der Waals surface area contributed by atoms with Crippen LogP contribution >= 0.6 is 0 Å². The molecule has 0 aliphatic carbocycles. The smallest absolute Gasteiger partial charge is 0.388 e. The van der Waals surface area contributed by atoms with Crippen molar-refractivity contribution >= 4 is 11.8 Å². The SMILES string of the molecule is Nc1nc(NCC2(O)CCOCC2)cc(C(F)(F)F)n1. The summed E-state index contributed by atoms with van der Waals surface area (Å²) in [6.45, 7) is 0.903. The molecule has 1 aromatic rings. The van der Waals surface area contributed by atoms with Crippen molar-refractivity contribution in [2.24, 2.45) is 0 Å². The van der Waals surface area contributed by atoms with Crippen molar-refractivity contribution in [2.45, 2.75) is 24.6 Å². The topological polar surface area (TPSA) is 93.3 Å². The van der Waals surface area contributed by atoms with Crippen LogP contribution in [0.2, 0.25) is 0 Å². The van der Waals surface area contributed by atoms with E-state index in [9.17, 15) is 18.3 Å². The first-order valence-corrected chi connectivity index (χ1v) is 6.04. The van der Waals surface area contributed by atoms with Gasteiger partial charge in [0.15, 0.2) is 5.69 Å². The number of nitrogens with one attached hydrogen (secondary N) is 1. The Kier molecular flexibility index (Phi) is 4.00. The van der Waals surface area contributed by atoms with Crippen molar-refractivity contribution < 1.29 is 23.0 Å². The summed E-state index contributed by atoms with van der Waals surface area (Å²) in [7, 11) is 0. The van der Waals surface area contributed by atoms with E-state index in [-0.39, 0.29) is 12.4 Å². The summed E-state index contributed by atoms with van der Waals surface area (Å²) in [5.41, 5.74) is 3.12. The summed E-state index contributed by atoms with van der Waals surface area (Å²) in [6, 6.07) is 0.763.